The fourth-order valence-corrected chi connectivity index (χ4v) is 11.0. The predicted molar refractivity (Wildman–Crippen MR) is 261 cm³/mol. The number of anilines is 3. The molecule has 1 nitrogen and oxygen atoms in total. The van der Waals surface area contributed by atoms with Crippen molar-refractivity contribution >= 4 is 80.1 Å². The molecular weight excluding hydrogens is 751 g/mol. The summed E-state index contributed by atoms with van der Waals surface area (Å²) in [6.45, 7) is 13.6. The van der Waals surface area contributed by atoms with Crippen LogP contribution in [0.3, 0.4) is 0 Å². The van der Waals surface area contributed by atoms with E-state index < -0.39 is 0 Å². The minimum atomic E-state index is 0.125. The highest BCUT2D eigenvalue weighted by Crippen LogP contribution is 2.47. The van der Waals surface area contributed by atoms with Gasteiger partial charge in [-0.05, 0) is 110 Å². The van der Waals surface area contributed by atoms with E-state index in [1.54, 1.807) is 0 Å². The van der Waals surface area contributed by atoms with E-state index in [4.69, 9.17) is 0 Å². The standard InChI is InChI=1S/C56H47NS2/c1-55(2,3)41-24-14-36(15-25-41)38-18-28-43(29-19-38)57(44-30-20-39(21-31-44)37-16-26-42(27-17-37)56(4,5)6)45-32-22-40(23-33-45)46-11-9-13-50-52(46)53-51(58-50)35-34-48-47-10-7-8-12-49(47)59-54(48)53/h7-35H,1-6H3. The van der Waals surface area contributed by atoms with Crippen molar-refractivity contribution in [2.45, 2.75) is 52.4 Å². The molecular formula is C56H47NS2. The van der Waals surface area contributed by atoms with Gasteiger partial charge in [0.25, 0.3) is 0 Å². The van der Waals surface area contributed by atoms with Crippen molar-refractivity contribution in [2.75, 3.05) is 4.90 Å². The summed E-state index contributed by atoms with van der Waals surface area (Å²) in [7, 11) is 0. The number of hydrogen-bond donors (Lipinski definition) is 0. The molecule has 10 rings (SSSR count). The van der Waals surface area contributed by atoms with Gasteiger partial charge in [-0.3, -0.25) is 0 Å². The molecule has 0 atom stereocenters. The first-order valence-corrected chi connectivity index (χ1v) is 22.2. The van der Waals surface area contributed by atoms with Gasteiger partial charge >= 0.3 is 0 Å². The van der Waals surface area contributed by atoms with Gasteiger partial charge in [0, 0.05) is 57.4 Å². The average Bonchev–Trinajstić information content (AvgIpc) is 3.83. The van der Waals surface area contributed by atoms with E-state index in [2.05, 4.69) is 222 Å². The molecule has 2 aromatic heterocycles. The molecule has 10 aromatic rings. The number of hydrogen-bond acceptors (Lipinski definition) is 3. The maximum atomic E-state index is 2.38. The molecule has 0 amide bonds. The number of rotatable bonds is 6. The van der Waals surface area contributed by atoms with Crippen LogP contribution < -0.4 is 4.90 Å². The average molecular weight is 798 g/mol. The van der Waals surface area contributed by atoms with Crippen LogP contribution in [-0.2, 0) is 10.8 Å². The van der Waals surface area contributed by atoms with Crippen molar-refractivity contribution in [3.8, 4) is 33.4 Å². The van der Waals surface area contributed by atoms with Gasteiger partial charge < -0.3 is 4.90 Å². The van der Waals surface area contributed by atoms with Crippen molar-refractivity contribution in [1.29, 1.82) is 0 Å². The van der Waals surface area contributed by atoms with E-state index >= 15 is 0 Å². The van der Waals surface area contributed by atoms with Crippen molar-refractivity contribution in [1.82, 2.24) is 0 Å². The van der Waals surface area contributed by atoms with Crippen LogP contribution in [0.2, 0.25) is 0 Å². The molecule has 8 aromatic carbocycles. The first-order chi connectivity index (χ1) is 28.5. The smallest absolute Gasteiger partial charge is 0.0462 e. The SMILES string of the molecule is CC(C)(C)c1ccc(-c2ccc(N(c3ccc(-c4ccc(C(C)(C)C)cc4)cc3)c3ccc(-c4cccc5sc6ccc7c8ccccc8sc7c6c45)cc3)cc2)cc1. The number of nitrogens with zero attached hydrogens (tertiary/aromatic N) is 1. The number of fused-ring (bicyclic) bond motifs is 7. The second-order valence-electron chi connectivity index (χ2n) is 17.8. The Morgan fingerprint density at radius 3 is 1.29 bits per heavy atom. The lowest BCUT2D eigenvalue weighted by atomic mass is 9.86. The van der Waals surface area contributed by atoms with E-state index in [0.29, 0.717) is 0 Å². The summed E-state index contributed by atoms with van der Waals surface area (Å²) in [5.74, 6) is 0. The second-order valence-corrected chi connectivity index (χ2v) is 20.0. The molecule has 0 N–H and O–H groups in total. The van der Waals surface area contributed by atoms with Crippen LogP contribution in [0.15, 0.2) is 176 Å². The Morgan fingerprint density at radius 1 is 0.339 bits per heavy atom. The molecule has 2 heterocycles. The molecule has 0 saturated carbocycles. The van der Waals surface area contributed by atoms with Crippen LogP contribution in [0.25, 0.3) is 73.7 Å². The lowest BCUT2D eigenvalue weighted by Crippen LogP contribution is -2.10. The second kappa shape index (κ2) is 14.4. The molecule has 0 unspecified atom stereocenters. The van der Waals surface area contributed by atoms with Crippen LogP contribution in [0.5, 0.6) is 0 Å². The third-order valence-corrected chi connectivity index (χ3v) is 14.2. The third kappa shape index (κ3) is 6.83. The molecule has 0 spiro atoms. The lowest BCUT2D eigenvalue weighted by molar-refractivity contribution is 0.590. The van der Waals surface area contributed by atoms with Gasteiger partial charge in [-0.25, -0.2) is 0 Å². The highest BCUT2D eigenvalue weighted by atomic mass is 32.1. The lowest BCUT2D eigenvalue weighted by Gasteiger charge is -2.26. The molecule has 0 fully saturated rings. The maximum Gasteiger partial charge on any atom is 0.0462 e. The van der Waals surface area contributed by atoms with Crippen molar-refractivity contribution in [3.63, 3.8) is 0 Å². The highest BCUT2D eigenvalue weighted by Gasteiger charge is 2.19. The van der Waals surface area contributed by atoms with Gasteiger partial charge in [-0.2, -0.15) is 0 Å². The van der Waals surface area contributed by atoms with Crippen LogP contribution in [0.1, 0.15) is 52.7 Å². The third-order valence-electron chi connectivity index (χ3n) is 11.9. The van der Waals surface area contributed by atoms with E-state index in [0.717, 1.165) is 17.1 Å². The Kier molecular flexibility index (Phi) is 9.08. The minimum absolute atomic E-state index is 0.125. The van der Waals surface area contributed by atoms with Crippen LogP contribution in [-0.4, -0.2) is 0 Å². The molecule has 0 aliphatic rings. The summed E-state index contributed by atoms with van der Waals surface area (Å²) >= 11 is 3.82. The molecule has 0 radical (unpaired) electrons. The topological polar surface area (TPSA) is 3.24 Å². The zero-order valence-electron chi connectivity index (χ0n) is 34.5. The van der Waals surface area contributed by atoms with Gasteiger partial charge in [0.05, 0.1) is 0 Å². The van der Waals surface area contributed by atoms with E-state index in [1.807, 2.05) is 22.7 Å². The molecule has 0 aliphatic heterocycles. The predicted octanol–water partition coefficient (Wildman–Crippen LogP) is 17.5. The Balaban J connectivity index is 1.05. The summed E-state index contributed by atoms with van der Waals surface area (Å²) < 4.78 is 5.40. The normalized spacial score (nSPS) is 12.2. The molecule has 0 aliphatic carbocycles. The quantitative estimate of drug-likeness (QED) is 0.162. The first kappa shape index (κ1) is 37.3. The maximum absolute atomic E-state index is 2.38. The Bertz CT molecular complexity index is 3010. The molecule has 0 bridgehead atoms. The molecule has 3 heteroatoms. The summed E-state index contributed by atoms with van der Waals surface area (Å²) in [5.41, 5.74) is 13.7. The Hall–Kier alpha value is -6.00. The monoisotopic (exact) mass is 797 g/mol. The van der Waals surface area contributed by atoms with Crippen LogP contribution in [0, 0.1) is 0 Å². The van der Waals surface area contributed by atoms with Gasteiger partial charge in [0.15, 0.2) is 0 Å². The highest BCUT2D eigenvalue weighted by molar-refractivity contribution is 7.29. The van der Waals surface area contributed by atoms with Gasteiger partial charge in [0.1, 0.15) is 0 Å². The summed E-state index contributed by atoms with van der Waals surface area (Å²) in [4.78, 5) is 2.38. The van der Waals surface area contributed by atoms with Crippen molar-refractivity contribution < 1.29 is 0 Å². The largest absolute Gasteiger partial charge is 0.311 e. The number of thiophene rings is 2. The fraction of sp³-hybridized carbons (Fsp3) is 0.143. The van der Waals surface area contributed by atoms with Gasteiger partial charge in [0.2, 0.25) is 0 Å². The van der Waals surface area contributed by atoms with Crippen LogP contribution in [0.4, 0.5) is 17.1 Å². The summed E-state index contributed by atoms with van der Waals surface area (Å²) in [5, 5.41) is 5.42. The zero-order chi connectivity index (χ0) is 40.5. The van der Waals surface area contributed by atoms with Crippen LogP contribution >= 0.6 is 22.7 Å². The Labute approximate surface area is 355 Å². The van der Waals surface area contributed by atoms with Crippen molar-refractivity contribution in [3.05, 3.63) is 187 Å². The van der Waals surface area contributed by atoms with Gasteiger partial charge in [-0.1, -0.05) is 163 Å². The summed E-state index contributed by atoms with van der Waals surface area (Å²) in [6.07, 6.45) is 0. The fourth-order valence-electron chi connectivity index (χ4n) is 8.49. The van der Waals surface area contributed by atoms with E-state index in [1.165, 1.54) is 84.9 Å². The molecule has 288 valence electrons. The first-order valence-electron chi connectivity index (χ1n) is 20.6. The van der Waals surface area contributed by atoms with E-state index in [-0.39, 0.29) is 10.8 Å². The van der Waals surface area contributed by atoms with Crippen molar-refractivity contribution in [2.24, 2.45) is 0 Å². The zero-order valence-corrected chi connectivity index (χ0v) is 36.1. The molecule has 59 heavy (non-hydrogen) atoms. The minimum Gasteiger partial charge on any atom is -0.311 e. The number of benzene rings is 8. The molecule has 0 saturated heterocycles. The van der Waals surface area contributed by atoms with Gasteiger partial charge in [-0.15, -0.1) is 22.7 Å². The van der Waals surface area contributed by atoms with E-state index in [9.17, 15) is 0 Å². The summed E-state index contributed by atoms with van der Waals surface area (Å²) in [6, 6.07) is 65.6. The Morgan fingerprint density at radius 2 is 0.780 bits per heavy atom.